The zero-order valence-corrected chi connectivity index (χ0v) is 15.7. The van der Waals surface area contributed by atoms with Crippen molar-refractivity contribution in [3.05, 3.63) is 35.6 Å². The predicted molar refractivity (Wildman–Crippen MR) is 97.7 cm³/mol. The van der Waals surface area contributed by atoms with Crippen molar-refractivity contribution in [2.45, 2.75) is 38.8 Å². The molecule has 25 heavy (non-hydrogen) atoms. The van der Waals surface area contributed by atoms with Gasteiger partial charge in [-0.1, -0.05) is 26.0 Å². The van der Waals surface area contributed by atoms with E-state index in [1.807, 2.05) is 12.1 Å². The van der Waals surface area contributed by atoms with Gasteiger partial charge in [-0.15, -0.1) is 0 Å². The van der Waals surface area contributed by atoms with Crippen LogP contribution in [0.3, 0.4) is 0 Å². The van der Waals surface area contributed by atoms with Crippen LogP contribution in [-0.4, -0.2) is 65.9 Å². The fraction of sp³-hybridized carbons (Fsp3) is 0.650. The lowest BCUT2D eigenvalue weighted by Gasteiger charge is -2.52. The molecule has 0 N–H and O–H groups in total. The molecule has 138 valence electrons. The van der Waals surface area contributed by atoms with Crippen LogP contribution in [0.1, 0.15) is 32.3 Å². The van der Waals surface area contributed by atoms with E-state index in [1.165, 1.54) is 12.1 Å². The monoisotopic (exact) mass is 347 g/mol. The summed E-state index contributed by atoms with van der Waals surface area (Å²) in [5.41, 5.74) is 0.800. The summed E-state index contributed by atoms with van der Waals surface area (Å²) in [6, 6.07) is 6.73. The minimum absolute atomic E-state index is 0.194. The molecule has 1 aromatic rings. The smallest absolute Gasteiger partial charge is 0.243 e. The number of nitrogens with zero attached hydrogens (tertiary/aromatic N) is 3. The summed E-state index contributed by atoms with van der Waals surface area (Å²) < 4.78 is 13.1. The van der Waals surface area contributed by atoms with E-state index in [2.05, 4.69) is 35.6 Å². The summed E-state index contributed by atoms with van der Waals surface area (Å²) in [6.07, 6.45) is 1.75. The van der Waals surface area contributed by atoms with Crippen LogP contribution in [0.5, 0.6) is 0 Å². The molecule has 1 aromatic carbocycles. The average Bonchev–Trinajstić information content (AvgIpc) is 2.59. The van der Waals surface area contributed by atoms with Gasteiger partial charge >= 0.3 is 0 Å². The average molecular weight is 347 g/mol. The van der Waals surface area contributed by atoms with Crippen LogP contribution in [0.25, 0.3) is 0 Å². The van der Waals surface area contributed by atoms with Gasteiger partial charge in [-0.05, 0) is 43.5 Å². The summed E-state index contributed by atoms with van der Waals surface area (Å²) in [6.45, 7) is 9.63. The minimum atomic E-state index is -0.327. The number of piperazine rings is 1. The predicted octanol–water partition coefficient (Wildman–Crippen LogP) is 2.59. The molecule has 1 amide bonds. The molecule has 0 bridgehead atoms. The number of hydrogen-bond acceptors (Lipinski definition) is 3. The highest BCUT2D eigenvalue weighted by molar-refractivity contribution is 5.87. The van der Waals surface area contributed by atoms with Crippen molar-refractivity contribution in [1.29, 1.82) is 0 Å². The Labute approximate surface area is 150 Å². The summed E-state index contributed by atoms with van der Waals surface area (Å²) in [5, 5.41) is 0. The highest BCUT2D eigenvalue weighted by atomic mass is 19.1. The van der Waals surface area contributed by atoms with Gasteiger partial charge in [-0.25, -0.2) is 4.39 Å². The van der Waals surface area contributed by atoms with Crippen LogP contribution in [0.4, 0.5) is 4.39 Å². The number of rotatable bonds is 4. The fourth-order valence-electron chi connectivity index (χ4n) is 4.18. The van der Waals surface area contributed by atoms with Gasteiger partial charge in [0.2, 0.25) is 5.91 Å². The second-order valence-corrected chi connectivity index (χ2v) is 8.00. The maximum Gasteiger partial charge on any atom is 0.243 e. The Bertz CT molecular complexity index is 593. The number of amides is 1. The molecule has 0 aliphatic carbocycles. The molecule has 2 heterocycles. The van der Waals surface area contributed by atoms with E-state index in [-0.39, 0.29) is 11.4 Å². The summed E-state index contributed by atoms with van der Waals surface area (Å²) in [5.74, 6) is 0.625. The number of hydrogen-bond donors (Lipinski definition) is 0. The lowest BCUT2D eigenvalue weighted by atomic mass is 9.82. The summed E-state index contributed by atoms with van der Waals surface area (Å²) in [4.78, 5) is 19.9. The van der Waals surface area contributed by atoms with Crippen LogP contribution < -0.4 is 0 Å². The molecule has 0 saturated carbocycles. The van der Waals surface area contributed by atoms with E-state index >= 15 is 0 Å². The number of likely N-dealkylation sites (tertiary alicyclic amines) is 1. The quantitative estimate of drug-likeness (QED) is 0.838. The lowest BCUT2D eigenvalue weighted by Crippen LogP contribution is -2.67. The Kier molecular flexibility index (Phi) is 5.44. The van der Waals surface area contributed by atoms with Crippen molar-refractivity contribution in [2.24, 2.45) is 5.92 Å². The molecule has 4 nitrogen and oxygen atoms in total. The van der Waals surface area contributed by atoms with E-state index in [0.717, 1.165) is 57.7 Å². The van der Waals surface area contributed by atoms with Gasteiger partial charge in [-0.2, -0.15) is 0 Å². The van der Waals surface area contributed by atoms with Gasteiger partial charge in [0.1, 0.15) is 11.4 Å². The van der Waals surface area contributed by atoms with Crippen LogP contribution in [-0.2, 0) is 11.3 Å². The van der Waals surface area contributed by atoms with E-state index in [1.54, 1.807) is 0 Å². The second kappa shape index (κ2) is 7.42. The van der Waals surface area contributed by atoms with Crippen LogP contribution in [0.2, 0.25) is 0 Å². The van der Waals surface area contributed by atoms with Gasteiger partial charge in [0, 0.05) is 39.3 Å². The lowest BCUT2D eigenvalue weighted by molar-refractivity contribution is -0.155. The molecule has 0 unspecified atom stereocenters. The highest BCUT2D eigenvalue weighted by Gasteiger charge is 2.49. The van der Waals surface area contributed by atoms with E-state index in [9.17, 15) is 9.18 Å². The normalized spacial score (nSPS) is 22.1. The number of piperidine rings is 1. The minimum Gasteiger partial charge on any atom is -0.340 e. The van der Waals surface area contributed by atoms with Gasteiger partial charge in [0.25, 0.3) is 0 Å². The van der Waals surface area contributed by atoms with Gasteiger partial charge in [0.15, 0.2) is 0 Å². The van der Waals surface area contributed by atoms with Gasteiger partial charge in [0.05, 0.1) is 0 Å². The maximum absolute atomic E-state index is 13.2. The van der Waals surface area contributed by atoms with Crippen molar-refractivity contribution in [3.63, 3.8) is 0 Å². The van der Waals surface area contributed by atoms with Crippen molar-refractivity contribution >= 4 is 5.91 Å². The Morgan fingerprint density at radius 3 is 2.32 bits per heavy atom. The third kappa shape index (κ3) is 3.87. The van der Waals surface area contributed by atoms with Crippen LogP contribution in [0.15, 0.2) is 24.3 Å². The molecule has 3 rings (SSSR count). The largest absolute Gasteiger partial charge is 0.340 e. The standard InChI is InChI=1S/C20H30FN3O/c1-16(2)14-24-13-12-22(3)20(19(24)25)8-10-23(11-9-20)15-17-4-6-18(21)7-5-17/h4-7,16H,8-15H2,1-3H3. The molecular formula is C20H30FN3O. The van der Waals surface area contributed by atoms with Crippen LogP contribution >= 0.6 is 0 Å². The van der Waals surface area contributed by atoms with Crippen molar-refractivity contribution in [3.8, 4) is 0 Å². The number of likely N-dealkylation sites (N-methyl/N-ethyl adjacent to an activating group) is 1. The molecule has 0 radical (unpaired) electrons. The Hall–Kier alpha value is -1.46. The van der Waals surface area contributed by atoms with Crippen LogP contribution in [0, 0.1) is 11.7 Å². The van der Waals surface area contributed by atoms with Gasteiger partial charge in [-0.3, -0.25) is 14.6 Å². The Balaban J connectivity index is 1.64. The van der Waals surface area contributed by atoms with Crippen molar-refractivity contribution in [2.75, 3.05) is 39.8 Å². The summed E-state index contributed by atoms with van der Waals surface area (Å²) in [7, 11) is 2.10. The Morgan fingerprint density at radius 1 is 1.08 bits per heavy atom. The third-order valence-electron chi connectivity index (χ3n) is 5.71. The zero-order valence-electron chi connectivity index (χ0n) is 15.7. The SMILES string of the molecule is CC(C)CN1CCN(C)C2(CCN(Cc3ccc(F)cc3)CC2)C1=O. The molecule has 0 aromatic heterocycles. The molecular weight excluding hydrogens is 317 g/mol. The van der Waals surface area contributed by atoms with E-state index in [0.29, 0.717) is 11.8 Å². The summed E-state index contributed by atoms with van der Waals surface area (Å²) >= 11 is 0. The third-order valence-corrected chi connectivity index (χ3v) is 5.71. The molecule has 2 saturated heterocycles. The van der Waals surface area contributed by atoms with Gasteiger partial charge < -0.3 is 4.90 Å². The van der Waals surface area contributed by atoms with Crippen molar-refractivity contribution in [1.82, 2.24) is 14.7 Å². The highest BCUT2D eigenvalue weighted by Crippen LogP contribution is 2.33. The van der Waals surface area contributed by atoms with Crippen molar-refractivity contribution < 1.29 is 9.18 Å². The molecule has 5 heteroatoms. The first-order valence-corrected chi connectivity index (χ1v) is 9.38. The first-order valence-electron chi connectivity index (χ1n) is 9.38. The molecule has 1 spiro atoms. The van der Waals surface area contributed by atoms with E-state index in [4.69, 9.17) is 0 Å². The zero-order chi connectivity index (χ0) is 18.0. The fourth-order valence-corrected chi connectivity index (χ4v) is 4.18. The topological polar surface area (TPSA) is 26.8 Å². The van der Waals surface area contributed by atoms with E-state index < -0.39 is 0 Å². The first-order chi connectivity index (χ1) is 11.9. The molecule has 2 fully saturated rings. The maximum atomic E-state index is 13.2. The first kappa shape index (κ1) is 18.3. The molecule has 2 aliphatic rings. The number of halogens is 1. The number of carbonyl (C=O) groups is 1. The second-order valence-electron chi connectivity index (χ2n) is 8.00. The molecule has 2 aliphatic heterocycles. The number of benzene rings is 1. The molecule has 0 atom stereocenters. The number of carbonyl (C=O) groups excluding carboxylic acids is 1. The Morgan fingerprint density at radius 2 is 1.72 bits per heavy atom.